The second kappa shape index (κ2) is 6.64. The Hall–Kier alpha value is -2.64. The van der Waals surface area contributed by atoms with E-state index >= 15 is 0 Å². The fraction of sp³-hybridized carbons (Fsp3) is 0.467. The summed E-state index contributed by atoms with van der Waals surface area (Å²) in [4.78, 5) is 29.2. The number of amides is 1. The number of likely N-dealkylation sites (N-methyl/N-ethyl adjacent to an activating group) is 1. The summed E-state index contributed by atoms with van der Waals surface area (Å²) >= 11 is 0. The Labute approximate surface area is 134 Å². The van der Waals surface area contributed by atoms with Crippen LogP contribution in [0.4, 0.5) is 11.6 Å². The molecule has 0 saturated heterocycles. The second-order valence-electron chi connectivity index (χ2n) is 5.59. The van der Waals surface area contributed by atoms with Crippen molar-refractivity contribution in [3.05, 3.63) is 17.8 Å². The first-order valence-corrected chi connectivity index (χ1v) is 7.28. The summed E-state index contributed by atoms with van der Waals surface area (Å²) in [6, 6.07) is 3.64. The van der Waals surface area contributed by atoms with Crippen LogP contribution < -0.4 is 10.2 Å². The number of pyridine rings is 1. The van der Waals surface area contributed by atoms with Crippen molar-refractivity contribution in [1.82, 2.24) is 14.6 Å². The molecule has 2 aromatic heterocycles. The molecular weight excluding hydrogens is 298 g/mol. The van der Waals surface area contributed by atoms with Gasteiger partial charge in [0.15, 0.2) is 5.65 Å². The molecule has 2 aromatic rings. The molecule has 0 spiro atoms. The van der Waals surface area contributed by atoms with Gasteiger partial charge in [-0.15, -0.1) is 5.10 Å². The monoisotopic (exact) mass is 319 g/mol. The third-order valence-electron chi connectivity index (χ3n) is 3.48. The number of fused-ring (bicyclic) bond motifs is 1. The zero-order valence-electron chi connectivity index (χ0n) is 14.0. The van der Waals surface area contributed by atoms with Gasteiger partial charge >= 0.3 is 5.97 Å². The molecular formula is C15H21N5O3. The van der Waals surface area contributed by atoms with E-state index < -0.39 is 0 Å². The Morgan fingerprint density at radius 3 is 2.70 bits per heavy atom. The lowest BCUT2D eigenvalue weighted by Gasteiger charge is -2.19. The van der Waals surface area contributed by atoms with Crippen molar-refractivity contribution >= 4 is 29.2 Å². The SMILES string of the molecule is COC(=O)CN(C)c1ccc2nc(NC(=O)C(C)C)nn2c1C. The fourth-order valence-corrected chi connectivity index (χ4v) is 2.12. The van der Waals surface area contributed by atoms with Crippen molar-refractivity contribution < 1.29 is 14.3 Å². The van der Waals surface area contributed by atoms with Gasteiger partial charge in [0.05, 0.1) is 18.5 Å². The average molecular weight is 319 g/mol. The highest BCUT2D eigenvalue weighted by atomic mass is 16.5. The first kappa shape index (κ1) is 16.7. The summed E-state index contributed by atoms with van der Waals surface area (Å²) in [6.45, 7) is 5.61. The topological polar surface area (TPSA) is 88.8 Å². The lowest BCUT2D eigenvalue weighted by Crippen LogP contribution is -2.27. The molecule has 0 aliphatic heterocycles. The number of aromatic nitrogens is 3. The molecule has 8 heteroatoms. The van der Waals surface area contributed by atoms with Gasteiger partial charge in [-0.3, -0.25) is 14.9 Å². The van der Waals surface area contributed by atoms with Crippen molar-refractivity contribution in [3.8, 4) is 0 Å². The van der Waals surface area contributed by atoms with Gasteiger partial charge in [0.25, 0.3) is 0 Å². The van der Waals surface area contributed by atoms with E-state index in [1.807, 2.05) is 13.0 Å². The molecule has 2 rings (SSSR count). The third-order valence-corrected chi connectivity index (χ3v) is 3.48. The molecule has 1 amide bonds. The summed E-state index contributed by atoms with van der Waals surface area (Å²) < 4.78 is 6.32. The number of nitrogens with zero attached hydrogens (tertiary/aromatic N) is 4. The Morgan fingerprint density at radius 1 is 1.39 bits per heavy atom. The maximum atomic E-state index is 11.7. The van der Waals surface area contributed by atoms with Crippen LogP contribution in [0.1, 0.15) is 19.5 Å². The van der Waals surface area contributed by atoms with E-state index in [4.69, 9.17) is 0 Å². The Bertz CT molecular complexity index is 738. The highest BCUT2D eigenvalue weighted by Crippen LogP contribution is 2.20. The van der Waals surface area contributed by atoms with Crippen LogP contribution in [0.5, 0.6) is 0 Å². The summed E-state index contributed by atoms with van der Waals surface area (Å²) in [5.74, 6) is -0.346. The van der Waals surface area contributed by atoms with Crippen molar-refractivity contribution in [2.45, 2.75) is 20.8 Å². The number of ether oxygens (including phenoxy) is 1. The molecule has 8 nitrogen and oxygen atoms in total. The average Bonchev–Trinajstić information content (AvgIpc) is 2.90. The number of aryl methyl sites for hydroxylation is 1. The number of nitrogens with one attached hydrogen (secondary N) is 1. The van der Waals surface area contributed by atoms with Crippen LogP contribution in [0.25, 0.3) is 5.65 Å². The first-order chi connectivity index (χ1) is 10.8. The van der Waals surface area contributed by atoms with E-state index in [-0.39, 0.29) is 30.3 Å². The predicted molar refractivity (Wildman–Crippen MR) is 86.5 cm³/mol. The molecule has 1 N–H and O–H groups in total. The molecule has 0 fully saturated rings. The summed E-state index contributed by atoms with van der Waals surface area (Å²) in [5.41, 5.74) is 2.26. The largest absolute Gasteiger partial charge is 0.468 e. The summed E-state index contributed by atoms with van der Waals surface area (Å²) in [6.07, 6.45) is 0. The molecule has 0 aromatic carbocycles. The minimum atomic E-state index is -0.324. The van der Waals surface area contributed by atoms with Crippen LogP contribution in [0.15, 0.2) is 12.1 Å². The van der Waals surface area contributed by atoms with E-state index in [0.717, 1.165) is 11.4 Å². The smallest absolute Gasteiger partial charge is 0.325 e. The first-order valence-electron chi connectivity index (χ1n) is 7.28. The number of rotatable bonds is 5. The van der Waals surface area contributed by atoms with Crippen LogP contribution in [0, 0.1) is 12.8 Å². The van der Waals surface area contributed by atoms with Crippen molar-refractivity contribution in [1.29, 1.82) is 0 Å². The van der Waals surface area contributed by atoms with Crippen LogP contribution in [0.2, 0.25) is 0 Å². The number of carbonyl (C=O) groups is 2. The van der Waals surface area contributed by atoms with Gasteiger partial charge in [-0.1, -0.05) is 13.8 Å². The maximum absolute atomic E-state index is 11.7. The van der Waals surface area contributed by atoms with Crippen LogP contribution >= 0.6 is 0 Å². The highest BCUT2D eigenvalue weighted by Gasteiger charge is 2.15. The van der Waals surface area contributed by atoms with Gasteiger partial charge in [-0.2, -0.15) is 4.98 Å². The molecule has 0 bridgehead atoms. The van der Waals surface area contributed by atoms with Crippen molar-refractivity contribution in [2.24, 2.45) is 5.92 Å². The zero-order valence-corrected chi connectivity index (χ0v) is 14.0. The van der Waals surface area contributed by atoms with Gasteiger partial charge in [0.2, 0.25) is 11.9 Å². The lowest BCUT2D eigenvalue weighted by molar-refractivity contribution is -0.138. The summed E-state index contributed by atoms with van der Waals surface area (Å²) in [7, 11) is 3.15. The molecule has 0 atom stereocenters. The van der Waals surface area contributed by atoms with E-state index in [1.54, 1.807) is 36.4 Å². The van der Waals surface area contributed by atoms with Gasteiger partial charge in [0.1, 0.15) is 6.54 Å². The van der Waals surface area contributed by atoms with Gasteiger partial charge in [-0.25, -0.2) is 4.52 Å². The molecule has 0 aliphatic carbocycles. The van der Waals surface area contributed by atoms with E-state index in [2.05, 4.69) is 20.1 Å². The highest BCUT2D eigenvalue weighted by molar-refractivity contribution is 5.90. The molecule has 0 unspecified atom stereocenters. The van der Waals surface area contributed by atoms with Crippen LogP contribution in [-0.4, -0.2) is 47.2 Å². The molecule has 0 aliphatic rings. The number of hydrogen-bond acceptors (Lipinski definition) is 6. The molecule has 124 valence electrons. The van der Waals surface area contributed by atoms with E-state index in [0.29, 0.717) is 5.65 Å². The second-order valence-corrected chi connectivity index (χ2v) is 5.59. The lowest BCUT2D eigenvalue weighted by atomic mass is 10.2. The Kier molecular flexibility index (Phi) is 4.83. The minimum absolute atomic E-state index is 0.133. The molecule has 23 heavy (non-hydrogen) atoms. The number of methoxy groups -OCH3 is 1. The molecule has 0 radical (unpaired) electrons. The molecule has 2 heterocycles. The van der Waals surface area contributed by atoms with Gasteiger partial charge in [-0.05, 0) is 19.1 Å². The van der Waals surface area contributed by atoms with E-state index in [9.17, 15) is 9.59 Å². The zero-order chi connectivity index (χ0) is 17.1. The number of esters is 1. The predicted octanol–water partition coefficient (Wildman–Crippen LogP) is 1.24. The van der Waals surface area contributed by atoms with Crippen LogP contribution in [-0.2, 0) is 14.3 Å². The maximum Gasteiger partial charge on any atom is 0.325 e. The third kappa shape index (κ3) is 3.58. The Morgan fingerprint density at radius 2 is 2.09 bits per heavy atom. The quantitative estimate of drug-likeness (QED) is 0.834. The van der Waals surface area contributed by atoms with Gasteiger partial charge < -0.3 is 9.64 Å². The number of hydrogen-bond donors (Lipinski definition) is 1. The van der Waals surface area contributed by atoms with E-state index in [1.165, 1.54) is 7.11 Å². The molecule has 0 saturated carbocycles. The number of anilines is 2. The Balaban J connectivity index is 2.31. The van der Waals surface area contributed by atoms with Crippen molar-refractivity contribution in [3.63, 3.8) is 0 Å². The van der Waals surface area contributed by atoms with Crippen molar-refractivity contribution in [2.75, 3.05) is 30.9 Å². The number of carbonyl (C=O) groups excluding carboxylic acids is 2. The normalized spacial score (nSPS) is 10.9. The standard InChI is InChI=1S/C15H21N5O3/c1-9(2)14(22)17-15-16-12-7-6-11(10(3)20(12)18-15)19(4)8-13(21)23-5/h6-7,9H,8H2,1-5H3,(H,17,18,22). The fourth-order valence-electron chi connectivity index (χ4n) is 2.12. The van der Waals surface area contributed by atoms with Crippen LogP contribution in [0.3, 0.4) is 0 Å². The minimum Gasteiger partial charge on any atom is -0.468 e. The summed E-state index contributed by atoms with van der Waals surface area (Å²) in [5, 5.41) is 6.99. The van der Waals surface area contributed by atoms with Gasteiger partial charge in [0, 0.05) is 13.0 Å².